The van der Waals surface area contributed by atoms with Gasteiger partial charge in [-0.05, 0) is 35.1 Å². The molecule has 1 amide bonds. The number of carbonyl (C=O) groups excluding carboxylic acids is 1. The molecule has 0 aliphatic carbocycles. The summed E-state index contributed by atoms with van der Waals surface area (Å²) in [7, 11) is 0. The molecule has 0 saturated carbocycles. The van der Waals surface area contributed by atoms with Crippen molar-refractivity contribution in [1.82, 2.24) is 4.90 Å². The fourth-order valence-electron chi connectivity index (χ4n) is 3.41. The lowest BCUT2D eigenvalue weighted by atomic mass is 9.91. The van der Waals surface area contributed by atoms with Gasteiger partial charge in [-0.15, -0.1) is 0 Å². The molecule has 1 heterocycles. The van der Waals surface area contributed by atoms with Gasteiger partial charge in [-0.2, -0.15) is 0 Å². The van der Waals surface area contributed by atoms with Crippen molar-refractivity contribution in [2.24, 2.45) is 11.8 Å². The van der Waals surface area contributed by atoms with Crippen LogP contribution in [-0.4, -0.2) is 23.9 Å². The van der Waals surface area contributed by atoms with E-state index in [0.717, 1.165) is 29.4 Å². The Hall–Kier alpha value is -1.83. The van der Waals surface area contributed by atoms with Crippen LogP contribution in [0.2, 0.25) is 0 Å². The maximum absolute atomic E-state index is 12.8. The van der Waals surface area contributed by atoms with Crippen molar-refractivity contribution < 1.29 is 4.79 Å². The molecule has 1 aliphatic heterocycles. The number of amides is 1. The van der Waals surface area contributed by atoms with Gasteiger partial charge in [0, 0.05) is 18.7 Å². The molecule has 0 N–H and O–H groups in total. The Balaban J connectivity index is 1.96. The molecule has 0 aromatic heterocycles. The number of hydrogen-bond donors (Lipinski definition) is 0. The highest BCUT2D eigenvalue weighted by atomic mass is 16.2. The van der Waals surface area contributed by atoms with Crippen molar-refractivity contribution in [2.75, 3.05) is 13.1 Å². The summed E-state index contributed by atoms with van der Waals surface area (Å²) >= 11 is 0. The average molecular weight is 267 g/mol. The molecule has 2 atom stereocenters. The predicted octanol–water partition coefficient (Wildman–Crippen LogP) is 3.96. The number of benzene rings is 2. The minimum Gasteiger partial charge on any atom is -0.338 e. The minimum atomic E-state index is 0.181. The summed E-state index contributed by atoms with van der Waals surface area (Å²) in [5, 5.41) is 2.20. The summed E-state index contributed by atoms with van der Waals surface area (Å²) in [6, 6.07) is 14.1. The van der Waals surface area contributed by atoms with Crippen LogP contribution in [0, 0.1) is 11.8 Å². The molecule has 3 rings (SSSR count). The normalized spacial score (nSPS) is 23.0. The standard InChI is InChI=1S/C18H21NO/c1-13-10-14(2)12-19(11-13)18(20)17-9-5-7-15-6-3-4-8-16(15)17/h3-9,13-14H,10-12H2,1-2H3. The highest BCUT2D eigenvalue weighted by Gasteiger charge is 2.26. The molecule has 1 aliphatic rings. The topological polar surface area (TPSA) is 20.3 Å². The lowest BCUT2D eigenvalue weighted by molar-refractivity contribution is 0.0625. The lowest BCUT2D eigenvalue weighted by Crippen LogP contribution is -2.42. The Morgan fingerprint density at radius 3 is 2.40 bits per heavy atom. The second kappa shape index (κ2) is 5.28. The van der Waals surface area contributed by atoms with Crippen molar-refractivity contribution in [3.63, 3.8) is 0 Å². The summed E-state index contributed by atoms with van der Waals surface area (Å²) in [5.74, 6) is 1.37. The molecule has 0 spiro atoms. The van der Waals surface area contributed by atoms with Crippen molar-refractivity contribution >= 4 is 16.7 Å². The summed E-state index contributed by atoms with van der Waals surface area (Å²) in [6.07, 6.45) is 1.22. The van der Waals surface area contributed by atoms with Crippen LogP contribution in [0.4, 0.5) is 0 Å². The molecule has 2 heteroatoms. The van der Waals surface area contributed by atoms with Gasteiger partial charge in [0.1, 0.15) is 0 Å². The zero-order chi connectivity index (χ0) is 14.1. The first-order chi connectivity index (χ1) is 9.65. The average Bonchev–Trinajstić information content (AvgIpc) is 2.45. The summed E-state index contributed by atoms with van der Waals surface area (Å²) in [6.45, 7) is 6.23. The van der Waals surface area contributed by atoms with Crippen LogP contribution >= 0.6 is 0 Å². The van der Waals surface area contributed by atoms with Crippen molar-refractivity contribution in [1.29, 1.82) is 0 Å². The third kappa shape index (κ3) is 2.43. The molecule has 2 nitrogen and oxygen atoms in total. The lowest BCUT2D eigenvalue weighted by Gasteiger charge is -2.35. The van der Waals surface area contributed by atoms with E-state index in [4.69, 9.17) is 0 Å². The smallest absolute Gasteiger partial charge is 0.254 e. The van der Waals surface area contributed by atoms with Crippen molar-refractivity contribution in [2.45, 2.75) is 20.3 Å². The van der Waals surface area contributed by atoms with E-state index in [2.05, 4.69) is 26.0 Å². The number of likely N-dealkylation sites (tertiary alicyclic amines) is 1. The number of piperidine rings is 1. The Morgan fingerprint density at radius 2 is 1.65 bits per heavy atom. The van der Waals surface area contributed by atoms with Crippen LogP contribution in [0.25, 0.3) is 10.8 Å². The van der Waals surface area contributed by atoms with Crippen LogP contribution in [0.1, 0.15) is 30.6 Å². The molecule has 2 aromatic carbocycles. The maximum atomic E-state index is 12.8. The van der Waals surface area contributed by atoms with Gasteiger partial charge in [-0.1, -0.05) is 50.2 Å². The fourth-order valence-corrected chi connectivity index (χ4v) is 3.41. The number of nitrogens with zero attached hydrogens (tertiary/aromatic N) is 1. The Labute approximate surface area is 120 Å². The SMILES string of the molecule is CC1CC(C)CN(C(=O)c2cccc3ccccc23)C1. The second-order valence-corrected chi connectivity index (χ2v) is 6.18. The number of fused-ring (bicyclic) bond motifs is 1. The van der Waals surface area contributed by atoms with E-state index in [9.17, 15) is 4.79 Å². The van der Waals surface area contributed by atoms with Crippen LogP contribution in [0.5, 0.6) is 0 Å². The van der Waals surface area contributed by atoms with Gasteiger partial charge >= 0.3 is 0 Å². The maximum Gasteiger partial charge on any atom is 0.254 e. The number of hydrogen-bond acceptors (Lipinski definition) is 1. The molecule has 1 saturated heterocycles. The molecule has 1 fully saturated rings. The molecule has 2 aromatic rings. The Morgan fingerprint density at radius 1 is 1.00 bits per heavy atom. The highest BCUT2D eigenvalue weighted by molar-refractivity contribution is 6.07. The molecule has 20 heavy (non-hydrogen) atoms. The first-order valence-corrected chi connectivity index (χ1v) is 7.42. The van der Waals surface area contributed by atoms with Crippen molar-refractivity contribution in [3.05, 3.63) is 48.0 Å². The predicted molar refractivity (Wildman–Crippen MR) is 82.8 cm³/mol. The zero-order valence-electron chi connectivity index (χ0n) is 12.2. The number of rotatable bonds is 1. The van der Waals surface area contributed by atoms with E-state index < -0.39 is 0 Å². The van der Waals surface area contributed by atoms with E-state index in [1.165, 1.54) is 6.42 Å². The van der Waals surface area contributed by atoms with Gasteiger partial charge in [0.15, 0.2) is 0 Å². The largest absolute Gasteiger partial charge is 0.338 e. The van der Waals surface area contributed by atoms with Crippen molar-refractivity contribution in [3.8, 4) is 0 Å². The second-order valence-electron chi connectivity index (χ2n) is 6.18. The number of carbonyl (C=O) groups is 1. The monoisotopic (exact) mass is 267 g/mol. The van der Waals surface area contributed by atoms with E-state index in [1.807, 2.05) is 35.2 Å². The molecule has 2 unspecified atom stereocenters. The van der Waals surface area contributed by atoms with Gasteiger partial charge in [0.25, 0.3) is 5.91 Å². The minimum absolute atomic E-state index is 0.181. The fraction of sp³-hybridized carbons (Fsp3) is 0.389. The van der Waals surface area contributed by atoms with Gasteiger partial charge in [-0.25, -0.2) is 0 Å². The van der Waals surface area contributed by atoms with E-state index in [0.29, 0.717) is 11.8 Å². The van der Waals surface area contributed by atoms with Gasteiger partial charge in [0.05, 0.1) is 0 Å². The summed E-state index contributed by atoms with van der Waals surface area (Å²) in [5.41, 5.74) is 0.837. The first kappa shape index (κ1) is 13.2. The quantitative estimate of drug-likeness (QED) is 0.766. The van der Waals surface area contributed by atoms with Crippen LogP contribution in [-0.2, 0) is 0 Å². The van der Waals surface area contributed by atoms with Gasteiger partial charge in [-0.3, -0.25) is 4.79 Å². The van der Waals surface area contributed by atoms with E-state index >= 15 is 0 Å². The zero-order valence-corrected chi connectivity index (χ0v) is 12.2. The van der Waals surface area contributed by atoms with E-state index in [-0.39, 0.29) is 5.91 Å². The summed E-state index contributed by atoms with van der Waals surface area (Å²) in [4.78, 5) is 14.9. The van der Waals surface area contributed by atoms with Gasteiger partial charge < -0.3 is 4.90 Å². The highest BCUT2D eigenvalue weighted by Crippen LogP contribution is 2.25. The van der Waals surface area contributed by atoms with Crippen LogP contribution in [0.15, 0.2) is 42.5 Å². The Kier molecular flexibility index (Phi) is 3.47. The molecular weight excluding hydrogens is 246 g/mol. The Bertz CT molecular complexity index is 619. The summed E-state index contributed by atoms with van der Waals surface area (Å²) < 4.78 is 0. The third-order valence-electron chi connectivity index (χ3n) is 4.18. The first-order valence-electron chi connectivity index (χ1n) is 7.42. The molecule has 104 valence electrons. The van der Waals surface area contributed by atoms with Gasteiger partial charge in [0.2, 0.25) is 0 Å². The molecule has 0 radical (unpaired) electrons. The molecule has 0 bridgehead atoms. The third-order valence-corrected chi connectivity index (χ3v) is 4.18. The van der Waals surface area contributed by atoms with Crippen LogP contribution in [0.3, 0.4) is 0 Å². The van der Waals surface area contributed by atoms with E-state index in [1.54, 1.807) is 0 Å². The van der Waals surface area contributed by atoms with Crippen LogP contribution < -0.4 is 0 Å². The molecular formula is C18H21NO.